The summed E-state index contributed by atoms with van der Waals surface area (Å²) in [5.74, 6) is 0. The molecule has 0 fully saturated rings. The number of aromatic nitrogens is 5. The van der Waals surface area contributed by atoms with Crippen LogP contribution in [-0.2, 0) is 6.54 Å². The Hall–Kier alpha value is -1.69. The van der Waals surface area contributed by atoms with Crippen molar-refractivity contribution in [2.75, 3.05) is 0 Å². The molecule has 6 nitrogen and oxygen atoms in total. The van der Waals surface area contributed by atoms with Crippen molar-refractivity contribution in [3.63, 3.8) is 0 Å². The van der Waals surface area contributed by atoms with Crippen molar-refractivity contribution in [1.82, 2.24) is 24.8 Å². The van der Waals surface area contributed by atoms with Gasteiger partial charge >= 0.3 is 0 Å². The maximum Gasteiger partial charge on any atom is 0.0991 e. The second-order valence-corrected chi connectivity index (χ2v) is 4.89. The molecule has 1 atom stereocenters. The summed E-state index contributed by atoms with van der Waals surface area (Å²) >= 11 is 0. The third-order valence-electron chi connectivity index (χ3n) is 3.33. The summed E-state index contributed by atoms with van der Waals surface area (Å²) in [5.41, 5.74) is 7.56. The van der Waals surface area contributed by atoms with E-state index >= 15 is 0 Å². The van der Waals surface area contributed by atoms with Crippen LogP contribution in [0.3, 0.4) is 0 Å². The normalized spacial score (nSPS) is 13.1. The van der Waals surface area contributed by atoms with Gasteiger partial charge in [-0.2, -0.15) is 5.10 Å². The van der Waals surface area contributed by atoms with Crippen LogP contribution >= 0.6 is 0 Å². The van der Waals surface area contributed by atoms with E-state index in [-0.39, 0.29) is 6.04 Å². The van der Waals surface area contributed by atoms with Gasteiger partial charge in [0.15, 0.2) is 0 Å². The van der Waals surface area contributed by atoms with Crippen molar-refractivity contribution in [3.05, 3.63) is 29.8 Å². The Kier molecular flexibility index (Phi) is 4.31. The average Bonchev–Trinajstić information content (AvgIpc) is 3.01. The molecule has 0 saturated heterocycles. The second-order valence-electron chi connectivity index (χ2n) is 4.89. The number of hydrogen-bond acceptors (Lipinski definition) is 4. The largest absolute Gasteiger partial charge is 0.323 e. The first-order valence-corrected chi connectivity index (χ1v) is 6.83. The van der Waals surface area contributed by atoms with Gasteiger partial charge in [-0.1, -0.05) is 19.1 Å². The van der Waals surface area contributed by atoms with Gasteiger partial charge < -0.3 is 5.73 Å². The Morgan fingerprint density at radius 3 is 2.63 bits per heavy atom. The Labute approximate surface area is 113 Å². The summed E-state index contributed by atoms with van der Waals surface area (Å²) in [6.45, 7) is 6.90. The predicted molar refractivity (Wildman–Crippen MR) is 73.6 cm³/mol. The molecular formula is C13H22N6. The highest BCUT2D eigenvalue weighted by Crippen LogP contribution is 2.15. The summed E-state index contributed by atoms with van der Waals surface area (Å²) < 4.78 is 3.82. The fraction of sp³-hybridized carbons (Fsp3) is 0.615. The molecule has 104 valence electrons. The van der Waals surface area contributed by atoms with Crippen molar-refractivity contribution in [1.29, 1.82) is 0 Å². The summed E-state index contributed by atoms with van der Waals surface area (Å²) in [7, 11) is 0. The summed E-state index contributed by atoms with van der Waals surface area (Å²) in [4.78, 5) is 0. The Balaban J connectivity index is 2.06. The van der Waals surface area contributed by atoms with E-state index in [1.165, 1.54) is 0 Å². The molecule has 2 rings (SSSR count). The van der Waals surface area contributed by atoms with E-state index in [0.717, 1.165) is 24.2 Å². The average molecular weight is 262 g/mol. The minimum atomic E-state index is -0.0872. The molecule has 6 heteroatoms. The molecule has 0 aliphatic heterocycles. The smallest absolute Gasteiger partial charge is 0.0991 e. The zero-order valence-electron chi connectivity index (χ0n) is 11.8. The lowest BCUT2D eigenvalue weighted by Crippen LogP contribution is -2.09. The van der Waals surface area contributed by atoms with Crippen molar-refractivity contribution >= 4 is 0 Å². The molecule has 19 heavy (non-hydrogen) atoms. The van der Waals surface area contributed by atoms with Crippen molar-refractivity contribution < 1.29 is 0 Å². The van der Waals surface area contributed by atoms with E-state index in [9.17, 15) is 0 Å². The third-order valence-corrected chi connectivity index (χ3v) is 3.33. The lowest BCUT2D eigenvalue weighted by Gasteiger charge is -2.12. The highest BCUT2D eigenvalue weighted by molar-refractivity contribution is 5.03. The van der Waals surface area contributed by atoms with Crippen LogP contribution in [0.15, 0.2) is 18.5 Å². The van der Waals surface area contributed by atoms with Crippen LogP contribution in [0.2, 0.25) is 0 Å². The molecule has 2 heterocycles. The van der Waals surface area contributed by atoms with Gasteiger partial charge in [0.2, 0.25) is 0 Å². The van der Waals surface area contributed by atoms with E-state index in [1.54, 1.807) is 4.68 Å². The topological polar surface area (TPSA) is 74.5 Å². The lowest BCUT2D eigenvalue weighted by atomic mass is 10.2. The minimum Gasteiger partial charge on any atom is -0.323 e. The highest BCUT2D eigenvalue weighted by atomic mass is 15.4. The molecule has 0 aromatic carbocycles. The van der Waals surface area contributed by atoms with Crippen LogP contribution < -0.4 is 5.73 Å². The van der Waals surface area contributed by atoms with Crippen LogP contribution in [0.25, 0.3) is 0 Å². The van der Waals surface area contributed by atoms with Gasteiger partial charge in [-0.05, 0) is 25.8 Å². The monoisotopic (exact) mass is 262 g/mol. The zero-order valence-corrected chi connectivity index (χ0v) is 11.8. The number of rotatable bonds is 6. The first-order valence-electron chi connectivity index (χ1n) is 6.83. The van der Waals surface area contributed by atoms with Crippen molar-refractivity contribution in [2.24, 2.45) is 5.73 Å². The minimum absolute atomic E-state index is 0.0872. The van der Waals surface area contributed by atoms with Crippen molar-refractivity contribution in [3.8, 4) is 0 Å². The number of nitrogens with zero attached hydrogens (tertiary/aromatic N) is 5. The Bertz CT molecular complexity index is 509. The van der Waals surface area contributed by atoms with Crippen molar-refractivity contribution in [2.45, 2.75) is 52.2 Å². The third kappa shape index (κ3) is 3.20. The van der Waals surface area contributed by atoms with E-state index in [1.807, 2.05) is 30.1 Å². The summed E-state index contributed by atoms with van der Waals surface area (Å²) in [5, 5.41) is 12.7. The first kappa shape index (κ1) is 13.7. The zero-order chi connectivity index (χ0) is 13.8. The van der Waals surface area contributed by atoms with Gasteiger partial charge in [0.05, 0.1) is 30.2 Å². The molecule has 1 unspecified atom stereocenters. The molecule has 0 amide bonds. The van der Waals surface area contributed by atoms with Gasteiger partial charge in [0.25, 0.3) is 0 Å². The molecular weight excluding hydrogens is 240 g/mol. The predicted octanol–water partition coefficient (Wildman–Crippen LogP) is 1.90. The Morgan fingerprint density at radius 2 is 2.05 bits per heavy atom. The van der Waals surface area contributed by atoms with Gasteiger partial charge in [0.1, 0.15) is 0 Å². The van der Waals surface area contributed by atoms with Gasteiger partial charge in [-0.25, -0.2) is 4.68 Å². The summed E-state index contributed by atoms with van der Waals surface area (Å²) in [6, 6.07) is 2.42. The molecule has 0 aliphatic rings. The standard InChI is InChI=1S/C13H22N6/c1-4-12(5-2)19-7-6-11(16-19)8-18-9-13(10(3)14)15-17-18/h6-7,9-10,12H,4-5,8,14H2,1-3H3. The van der Waals surface area contributed by atoms with E-state index < -0.39 is 0 Å². The van der Waals surface area contributed by atoms with Crippen LogP contribution in [0.5, 0.6) is 0 Å². The SMILES string of the molecule is CCC(CC)n1ccc(Cn2cc(C(C)N)nn2)n1. The van der Waals surface area contributed by atoms with E-state index in [0.29, 0.717) is 12.6 Å². The van der Waals surface area contributed by atoms with E-state index in [2.05, 4.69) is 29.3 Å². The highest BCUT2D eigenvalue weighted by Gasteiger charge is 2.10. The molecule has 0 saturated carbocycles. The van der Waals surface area contributed by atoms with Crippen LogP contribution in [-0.4, -0.2) is 24.8 Å². The maximum atomic E-state index is 5.76. The van der Waals surface area contributed by atoms with Gasteiger partial charge in [0, 0.05) is 12.2 Å². The summed E-state index contributed by atoms with van der Waals surface area (Å²) in [6.07, 6.45) is 6.10. The molecule has 2 aromatic heterocycles. The van der Waals surface area contributed by atoms with E-state index in [4.69, 9.17) is 5.73 Å². The maximum absolute atomic E-state index is 5.76. The Morgan fingerprint density at radius 1 is 1.32 bits per heavy atom. The lowest BCUT2D eigenvalue weighted by molar-refractivity contribution is 0.423. The van der Waals surface area contributed by atoms with Crippen LogP contribution in [0.4, 0.5) is 0 Å². The first-order chi connectivity index (χ1) is 9.13. The fourth-order valence-corrected chi connectivity index (χ4v) is 2.09. The van der Waals surface area contributed by atoms with Crippen LogP contribution in [0.1, 0.15) is 57.1 Å². The van der Waals surface area contributed by atoms with Crippen LogP contribution in [0, 0.1) is 0 Å². The molecule has 2 N–H and O–H groups in total. The second kappa shape index (κ2) is 5.97. The number of nitrogens with two attached hydrogens (primary N) is 1. The van der Waals surface area contributed by atoms with Gasteiger partial charge in [-0.3, -0.25) is 4.68 Å². The fourth-order valence-electron chi connectivity index (χ4n) is 2.09. The molecule has 2 aromatic rings. The molecule has 0 bridgehead atoms. The quantitative estimate of drug-likeness (QED) is 0.862. The van der Waals surface area contributed by atoms with Gasteiger partial charge in [-0.15, -0.1) is 5.10 Å². The molecule has 0 aliphatic carbocycles. The molecule has 0 radical (unpaired) electrons. The number of hydrogen-bond donors (Lipinski definition) is 1. The molecule has 0 spiro atoms.